The number of hydrogen-bond acceptors (Lipinski definition) is 6. The fraction of sp³-hybridized carbons (Fsp3) is 0.294. The van der Waals surface area contributed by atoms with E-state index in [2.05, 4.69) is 32.5 Å². The van der Waals surface area contributed by atoms with Crippen molar-refractivity contribution in [3.05, 3.63) is 48.2 Å². The van der Waals surface area contributed by atoms with Gasteiger partial charge in [-0.05, 0) is 24.5 Å². The SMILES string of the molecule is CN=C/C=C\C(C)c1nc(-c2nc(CSC)no2)c2ccccn12. The molecule has 124 valence electrons. The maximum Gasteiger partial charge on any atom is 0.278 e. The molecule has 7 heteroatoms. The molecule has 0 aliphatic heterocycles. The summed E-state index contributed by atoms with van der Waals surface area (Å²) in [5, 5.41) is 4.02. The van der Waals surface area contributed by atoms with E-state index in [9.17, 15) is 0 Å². The summed E-state index contributed by atoms with van der Waals surface area (Å²) >= 11 is 1.66. The molecule has 0 aliphatic carbocycles. The van der Waals surface area contributed by atoms with Crippen molar-refractivity contribution in [2.45, 2.75) is 18.6 Å². The zero-order valence-electron chi connectivity index (χ0n) is 13.9. The maximum atomic E-state index is 5.41. The van der Waals surface area contributed by atoms with Crippen LogP contribution in [0.25, 0.3) is 17.1 Å². The minimum Gasteiger partial charge on any atom is -0.332 e. The van der Waals surface area contributed by atoms with E-state index < -0.39 is 0 Å². The van der Waals surface area contributed by atoms with Crippen LogP contribution in [0.2, 0.25) is 0 Å². The molecular formula is C17H19N5OS. The fourth-order valence-electron chi connectivity index (χ4n) is 2.47. The zero-order valence-corrected chi connectivity index (χ0v) is 14.7. The van der Waals surface area contributed by atoms with Gasteiger partial charge in [0.1, 0.15) is 5.82 Å². The molecular weight excluding hydrogens is 322 g/mol. The quantitative estimate of drug-likeness (QED) is 0.641. The molecule has 1 unspecified atom stereocenters. The second kappa shape index (κ2) is 7.44. The number of imidazole rings is 1. The van der Waals surface area contributed by atoms with Gasteiger partial charge in [0.05, 0.1) is 11.3 Å². The molecule has 0 spiro atoms. The number of aliphatic imine (C=N–C) groups is 1. The summed E-state index contributed by atoms with van der Waals surface area (Å²) in [5.74, 6) is 2.91. The van der Waals surface area contributed by atoms with Gasteiger partial charge in [0.2, 0.25) is 0 Å². The van der Waals surface area contributed by atoms with Crippen molar-refractivity contribution in [1.82, 2.24) is 19.5 Å². The van der Waals surface area contributed by atoms with E-state index in [-0.39, 0.29) is 5.92 Å². The molecule has 0 saturated heterocycles. The number of hydrogen-bond donors (Lipinski definition) is 0. The van der Waals surface area contributed by atoms with Gasteiger partial charge < -0.3 is 8.92 Å². The second-order valence-electron chi connectivity index (χ2n) is 5.30. The highest BCUT2D eigenvalue weighted by Crippen LogP contribution is 2.27. The first-order chi connectivity index (χ1) is 11.7. The van der Waals surface area contributed by atoms with Gasteiger partial charge in [-0.15, -0.1) is 0 Å². The molecule has 0 aliphatic rings. The van der Waals surface area contributed by atoms with Crippen molar-refractivity contribution < 1.29 is 4.52 Å². The molecule has 3 heterocycles. The number of pyridine rings is 1. The van der Waals surface area contributed by atoms with E-state index in [4.69, 9.17) is 9.51 Å². The van der Waals surface area contributed by atoms with E-state index >= 15 is 0 Å². The van der Waals surface area contributed by atoms with Crippen molar-refractivity contribution >= 4 is 23.5 Å². The van der Waals surface area contributed by atoms with Crippen LogP contribution >= 0.6 is 11.8 Å². The van der Waals surface area contributed by atoms with Crippen LogP contribution in [0.1, 0.15) is 24.5 Å². The Kier molecular flexibility index (Phi) is 5.10. The molecule has 24 heavy (non-hydrogen) atoms. The Labute approximate surface area is 144 Å². The third kappa shape index (κ3) is 3.26. The molecule has 0 aromatic carbocycles. The predicted octanol–water partition coefficient (Wildman–Crippen LogP) is 3.61. The van der Waals surface area contributed by atoms with E-state index in [0.29, 0.717) is 11.7 Å². The first-order valence-electron chi connectivity index (χ1n) is 7.62. The number of rotatable bonds is 6. The van der Waals surface area contributed by atoms with Gasteiger partial charge in [0.15, 0.2) is 11.5 Å². The molecule has 0 N–H and O–H groups in total. The first-order valence-corrected chi connectivity index (χ1v) is 9.01. The minimum absolute atomic E-state index is 0.125. The number of allylic oxidation sites excluding steroid dienone is 2. The molecule has 3 rings (SSSR count). The van der Waals surface area contributed by atoms with E-state index in [0.717, 1.165) is 22.8 Å². The van der Waals surface area contributed by atoms with Crippen LogP contribution in [0.15, 0.2) is 46.1 Å². The molecule has 0 radical (unpaired) electrons. The summed E-state index contributed by atoms with van der Waals surface area (Å²) in [4.78, 5) is 13.2. The second-order valence-corrected chi connectivity index (χ2v) is 6.17. The Balaban J connectivity index is 2.05. The van der Waals surface area contributed by atoms with Gasteiger partial charge in [0.25, 0.3) is 5.89 Å². The monoisotopic (exact) mass is 341 g/mol. The van der Waals surface area contributed by atoms with Crippen molar-refractivity contribution in [3.8, 4) is 11.6 Å². The number of aromatic nitrogens is 4. The van der Waals surface area contributed by atoms with Crippen LogP contribution in [0, 0.1) is 0 Å². The lowest BCUT2D eigenvalue weighted by Crippen LogP contribution is -1.97. The van der Waals surface area contributed by atoms with Gasteiger partial charge in [-0.3, -0.25) is 4.99 Å². The largest absolute Gasteiger partial charge is 0.332 e. The van der Waals surface area contributed by atoms with Crippen LogP contribution < -0.4 is 0 Å². The van der Waals surface area contributed by atoms with E-state index in [1.165, 1.54) is 0 Å². The molecule has 3 aromatic rings. The van der Waals surface area contributed by atoms with Gasteiger partial charge in [0, 0.05) is 25.4 Å². The van der Waals surface area contributed by atoms with Crippen LogP contribution in [-0.4, -0.2) is 39.0 Å². The zero-order chi connectivity index (χ0) is 16.9. The van der Waals surface area contributed by atoms with Crippen molar-refractivity contribution in [1.29, 1.82) is 0 Å². The van der Waals surface area contributed by atoms with Gasteiger partial charge in [-0.1, -0.05) is 24.2 Å². The first kappa shape index (κ1) is 16.4. The third-order valence-corrected chi connectivity index (χ3v) is 4.11. The van der Waals surface area contributed by atoms with Crippen LogP contribution in [-0.2, 0) is 5.75 Å². The topological polar surface area (TPSA) is 68.6 Å². The number of fused-ring (bicyclic) bond motifs is 1. The summed E-state index contributed by atoms with van der Waals surface area (Å²) in [7, 11) is 1.75. The van der Waals surface area contributed by atoms with E-state index in [1.807, 2.05) is 36.7 Å². The predicted molar refractivity (Wildman–Crippen MR) is 97.7 cm³/mol. The summed E-state index contributed by atoms with van der Waals surface area (Å²) in [6.45, 7) is 2.10. The van der Waals surface area contributed by atoms with Gasteiger partial charge >= 0.3 is 0 Å². The maximum absolute atomic E-state index is 5.41. The molecule has 3 aromatic heterocycles. The van der Waals surface area contributed by atoms with Crippen LogP contribution in [0.3, 0.4) is 0 Å². The summed E-state index contributed by atoms with van der Waals surface area (Å²) in [6.07, 6.45) is 9.76. The molecule has 0 bridgehead atoms. The molecule has 6 nitrogen and oxygen atoms in total. The summed E-state index contributed by atoms with van der Waals surface area (Å²) in [6, 6.07) is 5.97. The average molecular weight is 341 g/mol. The minimum atomic E-state index is 0.125. The Morgan fingerprint density at radius 1 is 1.38 bits per heavy atom. The standard InChI is InChI=1S/C17H19N5OS/c1-12(7-6-9-18-2)16-20-15(13-8-4-5-10-22(13)16)17-19-14(11-24-3)21-23-17/h4-10,12H,11H2,1-3H3/b7-6-,18-9?. The Morgan fingerprint density at radius 2 is 2.25 bits per heavy atom. The third-order valence-electron chi connectivity index (χ3n) is 3.56. The van der Waals surface area contributed by atoms with Gasteiger partial charge in [-0.2, -0.15) is 16.7 Å². The van der Waals surface area contributed by atoms with Crippen molar-refractivity contribution in [3.63, 3.8) is 0 Å². The Hall–Kier alpha value is -2.41. The van der Waals surface area contributed by atoms with Gasteiger partial charge in [-0.25, -0.2) is 4.98 Å². The Morgan fingerprint density at radius 3 is 3.04 bits per heavy atom. The molecule has 0 fully saturated rings. The lowest BCUT2D eigenvalue weighted by Gasteiger charge is -2.04. The highest BCUT2D eigenvalue weighted by atomic mass is 32.2. The average Bonchev–Trinajstić information content (AvgIpc) is 3.20. The van der Waals surface area contributed by atoms with E-state index in [1.54, 1.807) is 25.0 Å². The van der Waals surface area contributed by atoms with Crippen molar-refractivity contribution in [2.24, 2.45) is 4.99 Å². The van der Waals surface area contributed by atoms with Crippen LogP contribution in [0.5, 0.6) is 0 Å². The van der Waals surface area contributed by atoms with Crippen LogP contribution in [0.4, 0.5) is 0 Å². The number of thioether (sulfide) groups is 1. The highest BCUT2D eigenvalue weighted by Gasteiger charge is 2.20. The normalized spacial score (nSPS) is 13.5. The lowest BCUT2D eigenvalue weighted by molar-refractivity contribution is 0.424. The molecule has 0 saturated carbocycles. The smallest absolute Gasteiger partial charge is 0.278 e. The van der Waals surface area contributed by atoms with Crippen molar-refractivity contribution in [2.75, 3.05) is 13.3 Å². The fourth-order valence-corrected chi connectivity index (χ4v) is 2.84. The highest BCUT2D eigenvalue weighted by molar-refractivity contribution is 7.97. The lowest BCUT2D eigenvalue weighted by atomic mass is 10.1. The summed E-state index contributed by atoms with van der Waals surface area (Å²) in [5.41, 5.74) is 1.67. The molecule has 1 atom stereocenters. The molecule has 0 amide bonds. The Bertz CT molecular complexity index is 880. The summed E-state index contributed by atoms with van der Waals surface area (Å²) < 4.78 is 7.47. The number of nitrogens with zero attached hydrogens (tertiary/aromatic N) is 5.